The van der Waals surface area contributed by atoms with E-state index in [0.717, 1.165) is 4.47 Å². The summed E-state index contributed by atoms with van der Waals surface area (Å²) in [5, 5.41) is 9.96. The summed E-state index contributed by atoms with van der Waals surface area (Å²) in [6, 6.07) is 4.68. The maximum absolute atomic E-state index is 13.5. The van der Waals surface area contributed by atoms with Crippen LogP contribution in [0.2, 0.25) is 0 Å². The molecule has 94 valence electrons. The normalized spacial score (nSPS) is 22.4. The highest BCUT2D eigenvalue weighted by Crippen LogP contribution is 2.19. The average Bonchev–Trinajstić information content (AvgIpc) is 2.35. The third-order valence-electron chi connectivity index (χ3n) is 2.71. The van der Waals surface area contributed by atoms with Gasteiger partial charge in [-0.15, -0.1) is 0 Å². The molecule has 17 heavy (non-hydrogen) atoms. The zero-order chi connectivity index (χ0) is 12.3. The van der Waals surface area contributed by atoms with E-state index in [-0.39, 0.29) is 18.3 Å². The first kappa shape index (κ1) is 13.0. The third-order valence-corrected chi connectivity index (χ3v) is 3.20. The van der Waals surface area contributed by atoms with Crippen molar-refractivity contribution in [3.8, 4) is 0 Å². The highest BCUT2D eigenvalue weighted by molar-refractivity contribution is 9.10. The second kappa shape index (κ2) is 5.91. The van der Waals surface area contributed by atoms with E-state index in [4.69, 9.17) is 9.47 Å². The molecule has 2 atom stereocenters. The summed E-state index contributed by atoms with van der Waals surface area (Å²) in [5.74, 6) is -0.316. The van der Waals surface area contributed by atoms with Gasteiger partial charge in [-0.05, 0) is 23.8 Å². The number of benzene rings is 1. The lowest BCUT2D eigenvalue weighted by atomic mass is 10.0. The molecule has 0 amide bonds. The van der Waals surface area contributed by atoms with E-state index < -0.39 is 6.10 Å². The number of aliphatic hydroxyl groups excluding tert-OH is 1. The summed E-state index contributed by atoms with van der Waals surface area (Å²) in [4.78, 5) is 0. The van der Waals surface area contributed by atoms with Crippen molar-refractivity contribution >= 4 is 15.9 Å². The molecular weight excluding hydrogens is 291 g/mol. The largest absolute Gasteiger partial charge is 0.390 e. The fourth-order valence-corrected chi connectivity index (χ4v) is 2.19. The Labute approximate surface area is 108 Å². The van der Waals surface area contributed by atoms with Crippen LogP contribution in [0.15, 0.2) is 22.7 Å². The van der Waals surface area contributed by atoms with E-state index in [1.807, 2.05) is 0 Å². The number of rotatable bonds is 3. The Morgan fingerprint density at radius 2 is 2.29 bits per heavy atom. The second-order valence-electron chi connectivity index (χ2n) is 3.99. The van der Waals surface area contributed by atoms with Crippen molar-refractivity contribution in [2.24, 2.45) is 0 Å². The first-order valence-electron chi connectivity index (χ1n) is 5.48. The standard InChI is InChI=1S/C12H14BrFO3/c13-9-1-2-10(14)8(5-9)6-11(15)12-7-16-3-4-17-12/h1-2,5,11-12,15H,3-4,6-7H2. The van der Waals surface area contributed by atoms with Crippen LogP contribution in [0.25, 0.3) is 0 Å². The lowest BCUT2D eigenvalue weighted by molar-refractivity contribution is -0.131. The van der Waals surface area contributed by atoms with Crippen molar-refractivity contribution in [2.75, 3.05) is 19.8 Å². The Bertz CT molecular complexity index is 380. The Kier molecular flexibility index (Phi) is 4.50. The molecule has 0 aromatic heterocycles. The predicted molar refractivity (Wildman–Crippen MR) is 64.4 cm³/mol. The van der Waals surface area contributed by atoms with Gasteiger partial charge in [0.05, 0.1) is 25.9 Å². The molecule has 1 N–H and O–H groups in total. The monoisotopic (exact) mass is 304 g/mol. The molecule has 1 aliphatic rings. The van der Waals surface area contributed by atoms with Crippen LogP contribution in [-0.2, 0) is 15.9 Å². The summed E-state index contributed by atoms with van der Waals surface area (Å²) in [5.41, 5.74) is 0.473. The van der Waals surface area contributed by atoms with E-state index in [1.54, 1.807) is 12.1 Å². The Balaban J connectivity index is 2.01. The third kappa shape index (κ3) is 3.48. The molecule has 1 heterocycles. The summed E-state index contributed by atoms with van der Waals surface area (Å²) in [7, 11) is 0. The lowest BCUT2D eigenvalue weighted by Crippen LogP contribution is -2.39. The predicted octanol–water partition coefficient (Wildman–Crippen LogP) is 1.91. The molecule has 0 saturated carbocycles. The molecule has 0 bridgehead atoms. The molecule has 1 aliphatic heterocycles. The minimum absolute atomic E-state index is 0.222. The molecule has 5 heteroatoms. The molecule has 3 nitrogen and oxygen atoms in total. The van der Waals surface area contributed by atoms with Crippen molar-refractivity contribution in [2.45, 2.75) is 18.6 Å². The van der Waals surface area contributed by atoms with E-state index in [9.17, 15) is 9.50 Å². The zero-order valence-electron chi connectivity index (χ0n) is 9.23. The van der Waals surface area contributed by atoms with Crippen molar-refractivity contribution in [3.63, 3.8) is 0 Å². The van der Waals surface area contributed by atoms with Crippen LogP contribution in [0.3, 0.4) is 0 Å². The quantitative estimate of drug-likeness (QED) is 0.927. The number of halogens is 2. The molecule has 1 fully saturated rings. The van der Waals surface area contributed by atoms with Gasteiger partial charge < -0.3 is 14.6 Å². The van der Waals surface area contributed by atoms with Gasteiger partial charge in [-0.25, -0.2) is 4.39 Å². The number of hydrogen-bond donors (Lipinski definition) is 1. The van der Waals surface area contributed by atoms with Gasteiger partial charge in [0.15, 0.2) is 0 Å². The maximum Gasteiger partial charge on any atom is 0.126 e. The van der Waals surface area contributed by atoms with Gasteiger partial charge in [-0.1, -0.05) is 15.9 Å². The van der Waals surface area contributed by atoms with E-state index in [1.165, 1.54) is 6.07 Å². The van der Waals surface area contributed by atoms with Crippen LogP contribution in [-0.4, -0.2) is 37.1 Å². The summed E-state index contributed by atoms with van der Waals surface area (Å²) in [6.07, 6.45) is -0.902. The number of ether oxygens (including phenoxy) is 2. The van der Waals surface area contributed by atoms with Gasteiger partial charge >= 0.3 is 0 Å². The van der Waals surface area contributed by atoms with Gasteiger partial charge in [-0.2, -0.15) is 0 Å². The van der Waals surface area contributed by atoms with E-state index in [2.05, 4.69) is 15.9 Å². The van der Waals surface area contributed by atoms with Crippen molar-refractivity contribution in [1.29, 1.82) is 0 Å². The molecule has 0 spiro atoms. The zero-order valence-corrected chi connectivity index (χ0v) is 10.8. The van der Waals surface area contributed by atoms with Crippen LogP contribution >= 0.6 is 15.9 Å². The molecule has 1 saturated heterocycles. The van der Waals surface area contributed by atoms with Crippen molar-refractivity contribution in [3.05, 3.63) is 34.1 Å². The maximum atomic E-state index is 13.5. The molecule has 1 aromatic rings. The summed E-state index contributed by atoms with van der Waals surface area (Å²) < 4.78 is 24.9. The second-order valence-corrected chi connectivity index (χ2v) is 4.91. The van der Waals surface area contributed by atoms with Gasteiger partial charge in [0.25, 0.3) is 0 Å². The van der Waals surface area contributed by atoms with Crippen LogP contribution < -0.4 is 0 Å². The molecule has 0 aliphatic carbocycles. The Morgan fingerprint density at radius 3 is 3.00 bits per heavy atom. The highest BCUT2D eigenvalue weighted by Gasteiger charge is 2.24. The Hall–Kier alpha value is -0.490. The molecule has 2 rings (SSSR count). The van der Waals surface area contributed by atoms with Crippen LogP contribution in [0.4, 0.5) is 4.39 Å². The van der Waals surface area contributed by atoms with Crippen LogP contribution in [0.1, 0.15) is 5.56 Å². The minimum atomic E-state index is -0.751. The van der Waals surface area contributed by atoms with Crippen LogP contribution in [0, 0.1) is 5.82 Å². The van der Waals surface area contributed by atoms with Crippen LogP contribution in [0.5, 0.6) is 0 Å². The molecular formula is C12H14BrFO3. The Morgan fingerprint density at radius 1 is 1.47 bits per heavy atom. The van der Waals surface area contributed by atoms with Gasteiger partial charge in [0.2, 0.25) is 0 Å². The van der Waals surface area contributed by atoms with Crippen molar-refractivity contribution in [1.82, 2.24) is 0 Å². The average molecular weight is 305 g/mol. The topological polar surface area (TPSA) is 38.7 Å². The molecule has 1 aromatic carbocycles. The highest BCUT2D eigenvalue weighted by atomic mass is 79.9. The first-order valence-corrected chi connectivity index (χ1v) is 6.27. The first-order chi connectivity index (χ1) is 8.16. The summed E-state index contributed by atoms with van der Waals surface area (Å²) >= 11 is 3.28. The summed E-state index contributed by atoms with van der Waals surface area (Å²) in [6.45, 7) is 1.38. The number of hydrogen-bond acceptors (Lipinski definition) is 3. The van der Waals surface area contributed by atoms with Gasteiger partial charge in [-0.3, -0.25) is 0 Å². The van der Waals surface area contributed by atoms with Gasteiger partial charge in [0.1, 0.15) is 11.9 Å². The smallest absolute Gasteiger partial charge is 0.126 e. The van der Waals surface area contributed by atoms with E-state index in [0.29, 0.717) is 25.4 Å². The molecule has 2 unspecified atom stereocenters. The van der Waals surface area contributed by atoms with Crippen molar-refractivity contribution < 1.29 is 19.0 Å². The molecule has 0 radical (unpaired) electrons. The lowest BCUT2D eigenvalue weighted by Gasteiger charge is -2.27. The SMILES string of the molecule is OC(Cc1cc(Br)ccc1F)C1COCCO1. The minimum Gasteiger partial charge on any atom is -0.390 e. The number of aliphatic hydroxyl groups is 1. The van der Waals surface area contributed by atoms with Gasteiger partial charge in [0, 0.05) is 10.9 Å². The fourth-order valence-electron chi connectivity index (χ4n) is 1.78. The van der Waals surface area contributed by atoms with E-state index >= 15 is 0 Å². The fraction of sp³-hybridized carbons (Fsp3) is 0.500.